The first-order valence-corrected chi connectivity index (χ1v) is 6.44. The van der Waals surface area contributed by atoms with E-state index in [9.17, 15) is 0 Å². The summed E-state index contributed by atoms with van der Waals surface area (Å²) in [5.41, 5.74) is 0. The first-order chi connectivity index (χ1) is 5.95. The van der Waals surface area contributed by atoms with Gasteiger partial charge in [-0.15, -0.1) is 0 Å². The summed E-state index contributed by atoms with van der Waals surface area (Å²) in [6.07, 6.45) is 5.96. The molecule has 2 saturated carbocycles. The molecule has 3 aliphatic rings. The van der Waals surface area contributed by atoms with E-state index in [1.807, 2.05) is 0 Å². The molecule has 68 valence electrons. The van der Waals surface area contributed by atoms with Crippen molar-refractivity contribution in [3.05, 3.63) is 0 Å². The molecule has 1 nitrogen and oxygen atoms in total. The average Bonchev–Trinajstić information content (AvgIpc) is 2.59. The molecule has 0 aromatic rings. The van der Waals surface area contributed by atoms with Crippen LogP contribution in [-0.4, -0.2) is 23.6 Å². The van der Waals surface area contributed by atoms with E-state index in [1.54, 1.807) is 0 Å². The predicted octanol–water partition coefficient (Wildman–Crippen LogP) is 1.88. The monoisotopic (exact) mass is 183 g/mol. The van der Waals surface area contributed by atoms with E-state index in [1.165, 1.54) is 37.2 Å². The third kappa shape index (κ3) is 1.20. The van der Waals surface area contributed by atoms with Gasteiger partial charge in [-0.3, -0.25) is 0 Å². The number of rotatable bonds is 2. The Labute approximate surface area is 78.7 Å². The second-order valence-electron chi connectivity index (χ2n) is 4.51. The minimum Gasteiger partial charge on any atom is -0.310 e. The zero-order valence-corrected chi connectivity index (χ0v) is 8.28. The van der Waals surface area contributed by atoms with Crippen LogP contribution in [0, 0.1) is 11.8 Å². The zero-order chi connectivity index (χ0) is 7.97. The minimum atomic E-state index is 0.866. The molecule has 0 radical (unpaired) electrons. The van der Waals surface area contributed by atoms with Crippen molar-refractivity contribution in [3.8, 4) is 0 Å². The van der Waals surface area contributed by atoms with Crippen molar-refractivity contribution in [1.82, 2.24) is 5.32 Å². The Hall–Kier alpha value is 0.310. The molecule has 0 aromatic heterocycles. The standard InChI is InChI=1S/C10H17NS/c1-2-8-9(3-1)10(8)11-7-4-5-12-6-7/h7-11H,1-6H2. The van der Waals surface area contributed by atoms with E-state index in [0.29, 0.717) is 0 Å². The van der Waals surface area contributed by atoms with Crippen LogP contribution in [0.2, 0.25) is 0 Å². The van der Waals surface area contributed by atoms with E-state index < -0.39 is 0 Å². The number of nitrogens with one attached hydrogen (secondary N) is 1. The Kier molecular flexibility index (Phi) is 1.87. The number of hydrogen-bond donors (Lipinski definition) is 1. The molecule has 12 heavy (non-hydrogen) atoms. The van der Waals surface area contributed by atoms with E-state index in [4.69, 9.17) is 0 Å². The lowest BCUT2D eigenvalue weighted by atomic mass is 10.2. The topological polar surface area (TPSA) is 12.0 Å². The Morgan fingerprint density at radius 1 is 1.08 bits per heavy atom. The second kappa shape index (κ2) is 2.91. The van der Waals surface area contributed by atoms with Gasteiger partial charge in [-0.1, -0.05) is 6.42 Å². The molecule has 1 heterocycles. The zero-order valence-electron chi connectivity index (χ0n) is 7.46. The maximum Gasteiger partial charge on any atom is 0.0168 e. The van der Waals surface area contributed by atoms with Crippen LogP contribution in [0.4, 0.5) is 0 Å². The predicted molar refractivity (Wildman–Crippen MR) is 53.5 cm³/mol. The van der Waals surface area contributed by atoms with E-state index in [-0.39, 0.29) is 0 Å². The van der Waals surface area contributed by atoms with Crippen LogP contribution in [0.25, 0.3) is 0 Å². The molecule has 0 spiro atoms. The molecule has 0 aromatic carbocycles. The number of hydrogen-bond acceptors (Lipinski definition) is 2. The third-order valence-electron chi connectivity index (χ3n) is 3.76. The van der Waals surface area contributed by atoms with Gasteiger partial charge in [-0.2, -0.15) is 11.8 Å². The molecule has 2 aliphatic carbocycles. The summed E-state index contributed by atoms with van der Waals surface area (Å²) in [6.45, 7) is 0. The smallest absolute Gasteiger partial charge is 0.0168 e. The van der Waals surface area contributed by atoms with Crippen LogP contribution >= 0.6 is 11.8 Å². The summed E-state index contributed by atoms with van der Waals surface area (Å²) in [6, 6.07) is 1.81. The molecule has 0 bridgehead atoms. The lowest BCUT2D eigenvalue weighted by Gasteiger charge is -2.12. The van der Waals surface area contributed by atoms with Gasteiger partial charge in [-0.25, -0.2) is 0 Å². The quantitative estimate of drug-likeness (QED) is 0.701. The summed E-state index contributed by atoms with van der Waals surface area (Å²) in [4.78, 5) is 0. The van der Waals surface area contributed by atoms with Crippen molar-refractivity contribution < 1.29 is 0 Å². The maximum absolute atomic E-state index is 3.83. The Bertz CT molecular complexity index is 167. The van der Waals surface area contributed by atoms with Gasteiger partial charge in [0.05, 0.1) is 0 Å². The van der Waals surface area contributed by atoms with E-state index >= 15 is 0 Å². The number of thioether (sulfide) groups is 1. The van der Waals surface area contributed by atoms with Crippen molar-refractivity contribution in [2.45, 2.75) is 37.8 Å². The highest BCUT2D eigenvalue weighted by molar-refractivity contribution is 7.99. The van der Waals surface area contributed by atoms with Gasteiger partial charge in [0.2, 0.25) is 0 Å². The summed E-state index contributed by atoms with van der Waals surface area (Å²) in [5, 5.41) is 3.83. The highest BCUT2D eigenvalue weighted by Crippen LogP contribution is 2.52. The fourth-order valence-corrected chi connectivity index (χ4v) is 4.17. The normalized spacial score (nSPS) is 51.0. The Morgan fingerprint density at radius 3 is 2.58 bits per heavy atom. The highest BCUT2D eigenvalue weighted by atomic mass is 32.2. The first kappa shape index (κ1) is 7.69. The van der Waals surface area contributed by atoms with Crippen molar-refractivity contribution >= 4 is 11.8 Å². The average molecular weight is 183 g/mol. The van der Waals surface area contributed by atoms with Gasteiger partial charge >= 0.3 is 0 Å². The van der Waals surface area contributed by atoms with Gasteiger partial charge in [0.1, 0.15) is 0 Å². The molecular formula is C10H17NS. The van der Waals surface area contributed by atoms with Crippen LogP contribution in [0.1, 0.15) is 25.7 Å². The molecule has 3 unspecified atom stereocenters. The summed E-state index contributed by atoms with van der Waals surface area (Å²) in [5.74, 6) is 4.95. The van der Waals surface area contributed by atoms with Crippen molar-refractivity contribution in [2.75, 3.05) is 11.5 Å². The highest BCUT2D eigenvalue weighted by Gasteiger charge is 2.52. The van der Waals surface area contributed by atoms with Gasteiger partial charge in [0, 0.05) is 17.8 Å². The molecular weight excluding hydrogens is 166 g/mol. The van der Waals surface area contributed by atoms with Crippen LogP contribution < -0.4 is 5.32 Å². The van der Waals surface area contributed by atoms with Crippen molar-refractivity contribution in [3.63, 3.8) is 0 Å². The Morgan fingerprint density at radius 2 is 1.92 bits per heavy atom. The van der Waals surface area contributed by atoms with Gasteiger partial charge in [0.25, 0.3) is 0 Å². The van der Waals surface area contributed by atoms with E-state index in [2.05, 4.69) is 17.1 Å². The third-order valence-corrected chi connectivity index (χ3v) is 4.93. The van der Waals surface area contributed by atoms with Gasteiger partial charge in [-0.05, 0) is 36.9 Å². The molecule has 1 saturated heterocycles. The van der Waals surface area contributed by atoms with Gasteiger partial charge in [0.15, 0.2) is 0 Å². The summed E-state index contributed by atoms with van der Waals surface area (Å²) >= 11 is 2.12. The first-order valence-electron chi connectivity index (χ1n) is 5.29. The summed E-state index contributed by atoms with van der Waals surface area (Å²) in [7, 11) is 0. The van der Waals surface area contributed by atoms with Crippen molar-refractivity contribution in [2.24, 2.45) is 11.8 Å². The molecule has 3 fully saturated rings. The minimum absolute atomic E-state index is 0.866. The number of fused-ring (bicyclic) bond motifs is 1. The fraction of sp³-hybridized carbons (Fsp3) is 1.00. The fourth-order valence-electron chi connectivity index (χ4n) is 3.01. The van der Waals surface area contributed by atoms with Crippen LogP contribution in [0.15, 0.2) is 0 Å². The van der Waals surface area contributed by atoms with Gasteiger partial charge < -0.3 is 5.32 Å². The lowest BCUT2D eigenvalue weighted by Crippen LogP contribution is -2.32. The van der Waals surface area contributed by atoms with Crippen LogP contribution in [0.3, 0.4) is 0 Å². The maximum atomic E-state index is 3.83. The molecule has 3 atom stereocenters. The molecule has 3 rings (SSSR count). The lowest BCUT2D eigenvalue weighted by molar-refractivity contribution is 0.491. The molecule has 1 aliphatic heterocycles. The van der Waals surface area contributed by atoms with Crippen LogP contribution in [-0.2, 0) is 0 Å². The van der Waals surface area contributed by atoms with Crippen LogP contribution in [0.5, 0.6) is 0 Å². The Balaban J connectivity index is 1.50. The molecule has 2 heteroatoms. The summed E-state index contributed by atoms with van der Waals surface area (Å²) < 4.78 is 0. The van der Waals surface area contributed by atoms with E-state index in [0.717, 1.165) is 23.9 Å². The second-order valence-corrected chi connectivity index (χ2v) is 5.66. The largest absolute Gasteiger partial charge is 0.310 e. The molecule has 0 amide bonds. The SMILES string of the molecule is C1CC2C(C1)C2NC1CCSC1. The van der Waals surface area contributed by atoms with Crippen molar-refractivity contribution in [1.29, 1.82) is 0 Å². The molecule has 1 N–H and O–H groups in total.